The van der Waals surface area contributed by atoms with Crippen LogP contribution in [0.2, 0.25) is 0 Å². The van der Waals surface area contributed by atoms with Crippen molar-refractivity contribution in [2.75, 3.05) is 4.90 Å². The van der Waals surface area contributed by atoms with Gasteiger partial charge in [0.1, 0.15) is 16.9 Å². The van der Waals surface area contributed by atoms with Crippen LogP contribution in [0.15, 0.2) is 41.8 Å². The number of aryl methyl sites for hydroxylation is 2. The van der Waals surface area contributed by atoms with Gasteiger partial charge in [-0.3, -0.25) is 19.2 Å². The molecule has 1 aromatic carbocycles. The van der Waals surface area contributed by atoms with E-state index in [0.717, 1.165) is 21.7 Å². The average molecular weight is 437 g/mol. The molecule has 0 aliphatic carbocycles. The number of thiophene rings is 1. The Hall–Kier alpha value is -2.93. The third kappa shape index (κ3) is 3.78. The van der Waals surface area contributed by atoms with Gasteiger partial charge in [0.25, 0.3) is 5.91 Å². The summed E-state index contributed by atoms with van der Waals surface area (Å²) in [6.07, 6.45) is 0. The average Bonchev–Trinajstić information content (AvgIpc) is 3.32. The maximum absolute atomic E-state index is 13.8. The smallest absolute Gasteiger partial charge is 0.277 e. The zero-order valence-corrected chi connectivity index (χ0v) is 19.6. The molecule has 0 saturated carbocycles. The molecule has 2 aromatic heterocycles. The fourth-order valence-corrected chi connectivity index (χ4v) is 4.55. The van der Waals surface area contributed by atoms with E-state index in [4.69, 9.17) is 0 Å². The molecular weight excluding hydrogens is 408 g/mol. The molecule has 0 saturated heterocycles. The summed E-state index contributed by atoms with van der Waals surface area (Å²) < 4.78 is 1.68. The first-order valence-electron chi connectivity index (χ1n) is 10.4. The Labute approximate surface area is 186 Å². The fraction of sp³-hybridized carbons (Fsp3) is 0.375. The number of carbonyl (C=O) groups is 2. The number of amides is 2. The van der Waals surface area contributed by atoms with E-state index in [0.29, 0.717) is 11.4 Å². The van der Waals surface area contributed by atoms with Crippen molar-refractivity contribution in [1.29, 1.82) is 0 Å². The second-order valence-electron chi connectivity index (χ2n) is 9.44. The van der Waals surface area contributed by atoms with Gasteiger partial charge in [-0.15, -0.1) is 11.3 Å². The van der Waals surface area contributed by atoms with Gasteiger partial charge >= 0.3 is 0 Å². The molecule has 31 heavy (non-hydrogen) atoms. The van der Waals surface area contributed by atoms with Crippen molar-refractivity contribution in [2.45, 2.75) is 59.2 Å². The summed E-state index contributed by atoms with van der Waals surface area (Å²) in [5, 5.41) is 9.73. The van der Waals surface area contributed by atoms with E-state index >= 15 is 0 Å². The first-order chi connectivity index (χ1) is 14.5. The van der Waals surface area contributed by atoms with Crippen molar-refractivity contribution in [3.8, 4) is 10.6 Å². The Balaban J connectivity index is 1.86. The first-order valence-corrected chi connectivity index (χ1v) is 11.2. The number of carbonyl (C=O) groups excluding carboxylic acids is 2. The lowest BCUT2D eigenvalue weighted by molar-refractivity contribution is -0.128. The highest BCUT2D eigenvalue weighted by Crippen LogP contribution is 2.35. The van der Waals surface area contributed by atoms with Crippen molar-refractivity contribution < 1.29 is 9.59 Å². The van der Waals surface area contributed by atoms with Gasteiger partial charge in [0, 0.05) is 11.2 Å². The Morgan fingerprint density at radius 2 is 1.90 bits per heavy atom. The predicted molar refractivity (Wildman–Crippen MR) is 125 cm³/mol. The number of fused-ring (bicyclic) bond motifs is 1. The zero-order valence-electron chi connectivity index (χ0n) is 18.8. The van der Waals surface area contributed by atoms with Crippen LogP contribution in [0, 0.1) is 13.8 Å². The monoisotopic (exact) mass is 436 g/mol. The minimum absolute atomic E-state index is 0.203. The van der Waals surface area contributed by atoms with E-state index in [1.807, 2.05) is 83.3 Å². The molecule has 4 rings (SSSR count). The summed E-state index contributed by atoms with van der Waals surface area (Å²) >= 11 is 1.58. The summed E-state index contributed by atoms with van der Waals surface area (Å²) in [7, 11) is 0. The van der Waals surface area contributed by atoms with Crippen LogP contribution in [0.5, 0.6) is 0 Å². The van der Waals surface area contributed by atoms with Crippen molar-refractivity contribution in [3.63, 3.8) is 0 Å². The van der Waals surface area contributed by atoms with Crippen LogP contribution in [-0.4, -0.2) is 32.7 Å². The summed E-state index contributed by atoms with van der Waals surface area (Å²) in [4.78, 5) is 29.9. The van der Waals surface area contributed by atoms with Crippen molar-refractivity contribution in [3.05, 3.63) is 58.6 Å². The lowest BCUT2D eigenvalue weighted by atomic mass is 9.92. The lowest BCUT2D eigenvalue weighted by Crippen LogP contribution is -2.66. The molecule has 0 bridgehead atoms. The van der Waals surface area contributed by atoms with Crippen LogP contribution < -0.4 is 10.2 Å². The summed E-state index contributed by atoms with van der Waals surface area (Å²) in [6, 6.07) is 11.6. The van der Waals surface area contributed by atoms with Crippen LogP contribution in [0.3, 0.4) is 0 Å². The van der Waals surface area contributed by atoms with E-state index in [9.17, 15) is 9.59 Å². The first kappa shape index (κ1) is 21.3. The van der Waals surface area contributed by atoms with Crippen LogP contribution in [0.4, 0.5) is 5.69 Å². The molecule has 162 valence electrons. The SMILES string of the molecule is Cc1ccc(N2C(=O)c3cc(-c4cccs4)nn3C[C@@]2(C)C(=O)NC(C)(C)C)cc1C. The van der Waals surface area contributed by atoms with Crippen LogP contribution in [-0.2, 0) is 11.3 Å². The number of aromatic nitrogens is 2. The van der Waals surface area contributed by atoms with Gasteiger partial charge in [-0.2, -0.15) is 5.10 Å². The highest BCUT2D eigenvalue weighted by Gasteiger charge is 2.49. The molecular formula is C24H28N4O2S. The number of benzene rings is 1. The zero-order chi connectivity index (χ0) is 22.6. The molecule has 6 nitrogen and oxygen atoms in total. The Bertz CT molecular complexity index is 1160. The standard InChI is InChI=1S/C24H28N4O2S/c1-15-9-10-17(12-16(15)2)28-21(29)19-13-18(20-8-7-11-31-20)26-27(19)14-24(28,6)22(30)25-23(3,4)5/h7-13H,14H2,1-6H3,(H,25,30)/t24-/m0/s1. The number of rotatable bonds is 3. The maximum Gasteiger partial charge on any atom is 0.277 e. The fourth-order valence-electron chi connectivity index (χ4n) is 3.87. The number of nitrogens with zero attached hydrogens (tertiary/aromatic N) is 3. The minimum atomic E-state index is -1.13. The van der Waals surface area contributed by atoms with E-state index in [2.05, 4.69) is 10.4 Å². The van der Waals surface area contributed by atoms with Gasteiger partial charge < -0.3 is 5.32 Å². The topological polar surface area (TPSA) is 67.2 Å². The maximum atomic E-state index is 13.8. The highest BCUT2D eigenvalue weighted by atomic mass is 32.1. The Kier molecular flexibility index (Phi) is 5.04. The van der Waals surface area contributed by atoms with Gasteiger partial charge in [-0.1, -0.05) is 12.1 Å². The van der Waals surface area contributed by atoms with Gasteiger partial charge in [-0.05, 0) is 82.3 Å². The lowest BCUT2D eigenvalue weighted by Gasteiger charge is -2.44. The van der Waals surface area contributed by atoms with Crippen LogP contribution in [0.1, 0.15) is 49.3 Å². The summed E-state index contributed by atoms with van der Waals surface area (Å²) in [6.45, 7) is 11.9. The summed E-state index contributed by atoms with van der Waals surface area (Å²) in [5.41, 5.74) is 2.61. The molecule has 0 spiro atoms. The molecule has 1 aliphatic heterocycles. The number of nitrogens with one attached hydrogen (secondary N) is 1. The van der Waals surface area contributed by atoms with Gasteiger partial charge in [0.15, 0.2) is 0 Å². The molecule has 1 atom stereocenters. The second-order valence-corrected chi connectivity index (χ2v) is 10.4. The number of hydrogen-bond donors (Lipinski definition) is 1. The van der Waals surface area contributed by atoms with Crippen molar-refractivity contribution in [1.82, 2.24) is 15.1 Å². The van der Waals surface area contributed by atoms with E-state index in [-0.39, 0.29) is 18.4 Å². The molecule has 3 heterocycles. The summed E-state index contributed by atoms with van der Waals surface area (Å²) in [5.74, 6) is -0.429. The molecule has 7 heteroatoms. The van der Waals surface area contributed by atoms with E-state index < -0.39 is 11.1 Å². The van der Waals surface area contributed by atoms with E-state index in [1.54, 1.807) is 20.9 Å². The second kappa shape index (κ2) is 7.34. The van der Waals surface area contributed by atoms with Crippen molar-refractivity contribution >= 4 is 28.8 Å². The highest BCUT2D eigenvalue weighted by molar-refractivity contribution is 7.13. The molecule has 1 N–H and O–H groups in total. The van der Waals surface area contributed by atoms with Crippen molar-refractivity contribution in [2.24, 2.45) is 0 Å². The predicted octanol–water partition coefficient (Wildman–Crippen LogP) is 4.56. The molecule has 0 unspecified atom stereocenters. The minimum Gasteiger partial charge on any atom is -0.349 e. The largest absolute Gasteiger partial charge is 0.349 e. The molecule has 0 radical (unpaired) electrons. The van der Waals surface area contributed by atoms with Gasteiger partial charge in [0.05, 0.1) is 11.4 Å². The number of hydrogen-bond acceptors (Lipinski definition) is 4. The van der Waals surface area contributed by atoms with Crippen LogP contribution in [0.25, 0.3) is 10.6 Å². The van der Waals surface area contributed by atoms with Gasteiger partial charge in [-0.25, -0.2) is 0 Å². The number of anilines is 1. The Morgan fingerprint density at radius 3 is 2.52 bits per heavy atom. The third-order valence-corrected chi connectivity index (χ3v) is 6.55. The molecule has 1 aliphatic rings. The Morgan fingerprint density at radius 1 is 1.16 bits per heavy atom. The molecule has 3 aromatic rings. The quantitative estimate of drug-likeness (QED) is 0.654. The van der Waals surface area contributed by atoms with E-state index in [1.165, 1.54) is 0 Å². The van der Waals surface area contributed by atoms with Crippen LogP contribution >= 0.6 is 11.3 Å². The molecule has 0 fully saturated rings. The van der Waals surface area contributed by atoms with Gasteiger partial charge in [0.2, 0.25) is 5.91 Å². The third-order valence-electron chi connectivity index (χ3n) is 5.65. The molecule has 2 amide bonds. The normalized spacial score (nSPS) is 18.8.